The van der Waals surface area contributed by atoms with Crippen molar-refractivity contribution in [1.82, 2.24) is 9.97 Å². The first kappa shape index (κ1) is 25.8. The molecule has 4 aromatic rings. The zero-order chi connectivity index (χ0) is 26.2. The second-order valence-electron chi connectivity index (χ2n) is 8.22. The number of carbonyl (C=O) groups is 2. The number of benzene rings is 3. The summed E-state index contributed by atoms with van der Waals surface area (Å²) in [6.45, 7) is 3.80. The van der Waals surface area contributed by atoms with Gasteiger partial charge in [-0.3, -0.25) is 9.69 Å². The first-order valence-electron chi connectivity index (χ1n) is 11.8. The molecule has 4 rings (SSSR count). The van der Waals surface area contributed by atoms with Crippen molar-refractivity contribution in [3.63, 3.8) is 0 Å². The van der Waals surface area contributed by atoms with Crippen molar-refractivity contribution >= 4 is 40.5 Å². The van der Waals surface area contributed by atoms with E-state index in [0.717, 1.165) is 21.8 Å². The lowest BCUT2D eigenvalue weighted by Crippen LogP contribution is -2.42. The summed E-state index contributed by atoms with van der Waals surface area (Å²) < 4.78 is 10.8. The molecule has 1 N–H and O–H groups in total. The Morgan fingerprint density at radius 1 is 1.11 bits per heavy atom. The largest absolute Gasteiger partial charge is 0.466 e. The number of nitrogens with one attached hydrogen (secondary N) is 1. The van der Waals surface area contributed by atoms with Crippen LogP contribution in [0.1, 0.15) is 31.7 Å². The number of fused-ring (bicyclic) bond motifs is 1. The SMILES string of the molecule is CCOC(=O)CC(C)N(C(=O)Oc1ccc2nc(CSc3ccc(C#N)cc3)[nH]c2c1)c1ccccc1. The van der Waals surface area contributed by atoms with Crippen LogP contribution in [0.2, 0.25) is 0 Å². The molecule has 9 heteroatoms. The second-order valence-corrected chi connectivity index (χ2v) is 9.27. The van der Waals surface area contributed by atoms with Crippen LogP contribution in [0, 0.1) is 11.3 Å². The van der Waals surface area contributed by atoms with Crippen LogP contribution < -0.4 is 9.64 Å². The molecule has 1 atom stereocenters. The van der Waals surface area contributed by atoms with Crippen molar-refractivity contribution < 1.29 is 19.1 Å². The molecule has 8 nitrogen and oxygen atoms in total. The van der Waals surface area contributed by atoms with Crippen molar-refractivity contribution in [3.05, 3.63) is 84.2 Å². The minimum atomic E-state index is -0.599. The molecule has 0 aliphatic carbocycles. The summed E-state index contributed by atoms with van der Waals surface area (Å²) in [5.41, 5.74) is 2.74. The number of hydrogen-bond acceptors (Lipinski definition) is 7. The van der Waals surface area contributed by atoms with E-state index >= 15 is 0 Å². The maximum atomic E-state index is 13.2. The van der Waals surface area contributed by atoms with Crippen molar-refractivity contribution in [2.45, 2.75) is 37.0 Å². The molecule has 188 valence electrons. The van der Waals surface area contributed by atoms with Crippen LogP contribution in [0.25, 0.3) is 11.0 Å². The van der Waals surface area contributed by atoms with E-state index in [9.17, 15) is 9.59 Å². The van der Waals surface area contributed by atoms with E-state index in [1.54, 1.807) is 68.1 Å². The van der Waals surface area contributed by atoms with E-state index in [0.29, 0.717) is 22.8 Å². The maximum Gasteiger partial charge on any atom is 0.420 e. The molecule has 37 heavy (non-hydrogen) atoms. The highest BCUT2D eigenvalue weighted by Crippen LogP contribution is 2.26. The fraction of sp³-hybridized carbons (Fsp3) is 0.214. The van der Waals surface area contributed by atoms with Gasteiger partial charge in [-0.25, -0.2) is 9.78 Å². The van der Waals surface area contributed by atoms with Crippen molar-refractivity contribution in [1.29, 1.82) is 5.26 Å². The molecule has 0 spiro atoms. The summed E-state index contributed by atoms with van der Waals surface area (Å²) in [6, 6.07) is 23.3. The van der Waals surface area contributed by atoms with Crippen molar-refractivity contribution in [2.24, 2.45) is 0 Å². The first-order chi connectivity index (χ1) is 18.0. The molecule has 3 aromatic carbocycles. The number of carbonyl (C=O) groups excluding carboxylic acids is 2. The predicted molar refractivity (Wildman–Crippen MR) is 142 cm³/mol. The lowest BCUT2D eigenvalue weighted by Gasteiger charge is -2.28. The third kappa shape index (κ3) is 6.68. The minimum Gasteiger partial charge on any atom is -0.466 e. The number of H-pyrrole nitrogens is 1. The summed E-state index contributed by atoms with van der Waals surface area (Å²) in [5.74, 6) is 1.37. The van der Waals surface area contributed by atoms with Gasteiger partial charge in [-0.1, -0.05) is 18.2 Å². The zero-order valence-electron chi connectivity index (χ0n) is 20.5. The number of nitrogens with zero attached hydrogens (tertiary/aromatic N) is 3. The van der Waals surface area contributed by atoms with E-state index in [1.807, 2.05) is 30.3 Å². The third-order valence-electron chi connectivity index (χ3n) is 5.51. The standard InChI is InChI=1S/C28H26N4O4S/c1-3-35-27(33)15-19(2)32(21-7-5-4-6-8-21)28(34)36-22-11-14-24-25(16-22)31-26(30-24)18-37-23-12-9-20(17-29)10-13-23/h4-14,16,19H,3,15,18H2,1-2H3,(H,30,31). The summed E-state index contributed by atoms with van der Waals surface area (Å²) in [7, 11) is 0. The molecule has 1 heterocycles. The normalized spacial score (nSPS) is 11.5. The molecule has 0 saturated carbocycles. The lowest BCUT2D eigenvalue weighted by atomic mass is 10.2. The van der Waals surface area contributed by atoms with Crippen LogP contribution >= 0.6 is 11.8 Å². The van der Waals surface area contributed by atoms with Crippen LogP contribution in [0.3, 0.4) is 0 Å². The van der Waals surface area contributed by atoms with Gasteiger partial charge in [0.1, 0.15) is 11.6 Å². The fourth-order valence-electron chi connectivity index (χ4n) is 3.78. The molecular formula is C28H26N4O4S. The fourth-order valence-corrected chi connectivity index (χ4v) is 4.55. The van der Waals surface area contributed by atoms with Crippen LogP contribution in [0.4, 0.5) is 10.5 Å². The smallest absolute Gasteiger partial charge is 0.420 e. The number of hydrogen-bond donors (Lipinski definition) is 1. The number of rotatable bonds is 9. The van der Waals surface area contributed by atoms with E-state index in [-0.39, 0.29) is 19.0 Å². The third-order valence-corrected chi connectivity index (χ3v) is 6.53. The number of ether oxygens (including phenoxy) is 2. The van der Waals surface area contributed by atoms with Crippen molar-refractivity contribution in [2.75, 3.05) is 11.5 Å². The average molecular weight is 515 g/mol. The Labute approximate surface area is 219 Å². The molecule has 0 aliphatic heterocycles. The number of para-hydroxylation sites is 1. The number of imidazole rings is 1. The van der Waals surface area contributed by atoms with Gasteiger partial charge in [0, 0.05) is 22.7 Å². The molecule has 1 aromatic heterocycles. The van der Waals surface area contributed by atoms with Gasteiger partial charge in [-0.05, 0) is 62.4 Å². The number of amides is 1. The number of thioether (sulfide) groups is 1. The highest BCUT2D eigenvalue weighted by molar-refractivity contribution is 7.98. The van der Waals surface area contributed by atoms with E-state index in [2.05, 4.69) is 16.0 Å². The Balaban J connectivity index is 1.47. The Bertz CT molecular complexity index is 1410. The van der Waals surface area contributed by atoms with Gasteiger partial charge in [0.05, 0.1) is 41.4 Å². The van der Waals surface area contributed by atoms with E-state index in [1.165, 1.54) is 4.90 Å². The summed E-state index contributed by atoms with van der Waals surface area (Å²) in [6.07, 6.45) is -0.559. The second kappa shape index (κ2) is 12.1. The molecule has 1 unspecified atom stereocenters. The molecular weight excluding hydrogens is 488 g/mol. The first-order valence-corrected chi connectivity index (χ1v) is 12.8. The van der Waals surface area contributed by atoms with Crippen LogP contribution in [0.5, 0.6) is 5.75 Å². The Kier molecular flexibility index (Phi) is 8.44. The molecule has 0 radical (unpaired) electrons. The Morgan fingerprint density at radius 2 is 1.86 bits per heavy atom. The van der Waals surface area contributed by atoms with Crippen molar-refractivity contribution in [3.8, 4) is 11.8 Å². The summed E-state index contributed by atoms with van der Waals surface area (Å²) in [4.78, 5) is 35.7. The minimum absolute atomic E-state index is 0.0394. The van der Waals surface area contributed by atoms with Gasteiger partial charge in [0.25, 0.3) is 0 Å². The lowest BCUT2D eigenvalue weighted by molar-refractivity contribution is -0.143. The number of esters is 1. The number of anilines is 1. The molecule has 0 fully saturated rings. The number of nitriles is 1. The Morgan fingerprint density at radius 3 is 2.57 bits per heavy atom. The van der Waals surface area contributed by atoms with Gasteiger partial charge in [-0.2, -0.15) is 5.26 Å². The number of aromatic nitrogens is 2. The zero-order valence-corrected chi connectivity index (χ0v) is 21.3. The molecule has 0 aliphatic rings. The van der Waals surface area contributed by atoms with E-state index in [4.69, 9.17) is 14.7 Å². The summed E-state index contributed by atoms with van der Waals surface area (Å²) in [5, 5.41) is 8.94. The van der Waals surface area contributed by atoms with Gasteiger partial charge >= 0.3 is 12.1 Å². The van der Waals surface area contributed by atoms with Gasteiger partial charge in [0.2, 0.25) is 0 Å². The van der Waals surface area contributed by atoms with Gasteiger partial charge in [0.15, 0.2) is 0 Å². The van der Waals surface area contributed by atoms with Crippen LogP contribution in [-0.4, -0.2) is 34.7 Å². The molecule has 0 saturated heterocycles. The quantitative estimate of drug-likeness (QED) is 0.213. The highest BCUT2D eigenvalue weighted by Gasteiger charge is 2.26. The average Bonchev–Trinajstić information content (AvgIpc) is 3.31. The molecule has 0 bridgehead atoms. The van der Waals surface area contributed by atoms with Crippen LogP contribution in [0.15, 0.2) is 77.7 Å². The number of aromatic amines is 1. The molecule has 1 amide bonds. The Hall–Kier alpha value is -4.29. The topological polar surface area (TPSA) is 108 Å². The van der Waals surface area contributed by atoms with Crippen LogP contribution in [-0.2, 0) is 15.3 Å². The van der Waals surface area contributed by atoms with E-state index < -0.39 is 12.1 Å². The van der Waals surface area contributed by atoms with Gasteiger partial charge < -0.3 is 14.5 Å². The predicted octanol–water partition coefficient (Wildman–Crippen LogP) is 6.07. The van der Waals surface area contributed by atoms with Gasteiger partial charge in [-0.15, -0.1) is 11.8 Å². The maximum absolute atomic E-state index is 13.2. The summed E-state index contributed by atoms with van der Waals surface area (Å²) >= 11 is 1.60. The monoisotopic (exact) mass is 514 g/mol. The highest BCUT2D eigenvalue weighted by atomic mass is 32.2.